The molecule has 1 aliphatic carbocycles. The maximum absolute atomic E-state index is 6.63. The number of rotatable bonds is 6. The Kier molecular flexibility index (Phi) is 8.07. The van der Waals surface area contributed by atoms with Crippen molar-refractivity contribution in [3.63, 3.8) is 0 Å². The fourth-order valence-corrected chi connectivity index (χ4v) is 9.82. The first-order chi connectivity index (χ1) is 28.2. The molecule has 9 aromatic rings. The van der Waals surface area contributed by atoms with Gasteiger partial charge in [0.1, 0.15) is 23.2 Å². The number of amidine groups is 2. The standard InChI is InChI=1S/C52H37N3OS/c1-55-51(34-17-6-3-7-18-34)53-50(33-15-4-2-5-16-33)54-52(55)38-22-12-19-35(29-38)39-31-44(48-43-24-8-10-27-45(43)56-46(48)32-39)37-21-13-20-36(30-37)40-25-14-26-42-41-23-9-11-28-47(41)57-49(40)42/h2-4,6-15,17-32,52H,5,16H2,1H3. The summed E-state index contributed by atoms with van der Waals surface area (Å²) in [6.07, 6.45) is 8.17. The summed E-state index contributed by atoms with van der Waals surface area (Å²) in [6.45, 7) is 0. The molecule has 0 radical (unpaired) electrons. The average molecular weight is 752 g/mol. The zero-order valence-corrected chi connectivity index (χ0v) is 32.2. The summed E-state index contributed by atoms with van der Waals surface area (Å²) in [5.74, 6) is 1.73. The Morgan fingerprint density at radius 2 is 1.35 bits per heavy atom. The van der Waals surface area contributed by atoms with Gasteiger partial charge in [0.15, 0.2) is 5.84 Å². The van der Waals surface area contributed by atoms with Crippen LogP contribution in [-0.2, 0) is 0 Å². The number of aliphatic imine (C=N–C) groups is 2. The molecule has 0 saturated heterocycles. The molecule has 1 unspecified atom stereocenters. The summed E-state index contributed by atoms with van der Waals surface area (Å²) in [4.78, 5) is 12.7. The van der Waals surface area contributed by atoms with Crippen LogP contribution in [0.2, 0.25) is 0 Å². The molecular formula is C52H37N3OS. The third-order valence-electron chi connectivity index (χ3n) is 11.4. The van der Waals surface area contributed by atoms with Crippen LogP contribution in [0.1, 0.15) is 30.1 Å². The van der Waals surface area contributed by atoms with Gasteiger partial charge in [-0.15, -0.1) is 11.3 Å². The van der Waals surface area contributed by atoms with Gasteiger partial charge < -0.3 is 9.32 Å². The Labute approximate surface area is 335 Å². The molecule has 0 saturated carbocycles. The lowest BCUT2D eigenvalue weighted by molar-refractivity contribution is 0.382. The van der Waals surface area contributed by atoms with Crippen LogP contribution >= 0.6 is 11.3 Å². The molecule has 1 atom stereocenters. The highest BCUT2D eigenvalue weighted by Crippen LogP contribution is 2.44. The van der Waals surface area contributed by atoms with E-state index < -0.39 is 0 Å². The smallest absolute Gasteiger partial charge is 0.155 e. The SMILES string of the molecule is CN1C(c2ccccc2)=NC(C2=CC=CCC2)=NC1c1cccc(-c2cc(-c3cccc(-c4cccc5c4sc4ccccc45)c3)c3c(c2)oc2ccccc23)c1. The molecule has 11 rings (SSSR count). The first-order valence-corrected chi connectivity index (χ1v) is 20.4. The third kappa shape index (κ3) is 5.82. The largest absolute Gasteiger partial charge is 0.456 e. The molecule has 0 spiro atoms. The highest BCUT2D eigenvalue weighted by atomic mass is 32.1. The Bertz CT molecular complexity index is 3160. The van der Waals surface area contributed by atoms with E-state index in [1.807, 2.05) is 23.5 Å². The molecule has 272 valence electrons. The number of fused-ring (bicyclic) bond motifs is 6. The minimum atomic E-state index is -0.248. The van der Waals surface area contributed by atoms with Crippen LogP contribution in [0.15, 0.2) is 196 Å². The van der Waals surface area contributed by atoms with Crippen LogP contribution in [0, 0.1) is 0 Å². The van der Waals surface area contributed by atoms with Crippen molar-refractivity contribution in [1.82, 2.24) is 4.90 Å². The van der Waals surface area contributed by atoms with Gasteiger partial charge in [-0.2, -0.15) is 0 Å². The molecule has 1 aliphatic heterocycles. The van der Waals surface area contributed by atoms with Gasteiger partial charge in [-0.1, -0.05) is 140 Å². The van der Waals surface area contributed by atoms with Gasteiger partial charge in [0.2, 0.25) is 0 Å². The monoisotopic (exact) mass is 751 g/mol. The lowest BCUT2D eigenvalue weighted by Gasteiger charge is -2.33. The lowest BCUT2D eigenvalue weighted by Crippen LogP contribution is -2.35. The van der Waals surface area contributed by atoms with Gasteiger partial charge in [0.05, 0.1) is 0 Å². The minimum Gasteiger partial charge on any atom is -0.456 e. The zero-order valence-electron chi connectivity index (χ0n) is 31.4. The van der Waals surface area contributed by atoms with Crippen molar-refractivity contribution in [2.24, 2.45) is 9.98 Å². The van der Waals surface area contributed by atoms with E-state index in [1.54, 1.807) is 0 Å². The number of furan rings is 1. The van der Waals surface area contributed by atoms with Crippen molar-refractivity contribution >= 4 is 65.1 Å². The van der Waals surface area contributed by atoms with Crippen molar-refractivity contribution in [3.05, 3.63) is 193 Å². The third-order valence-corrected chi connectivity index (χ3v) is 12.6. The molecular weight excluding hydrogens is 715 g/mol. The van der Waals surface area contributed by atoms with Crippen molar-refractivity contribution < 1.29 is 4.42 Å². The van der Waals surface area contributed by atoms with E-state index >= 15 is 0 Å². The van der Waals surface area contributed by atoms with E-state index in [-0.39, 0.29) is 6.17 Å². The van der Waals surface area contributed by atoms with Crippen LogP contribution in [0.3, 0.4) is 0 Å². The Morgan fingerprint density at radius 1 is 0.614 bits per heavy atom. The van der Waals surface area contributed by atoms with Crippen molar-refractivity contribution in [2.45, 2.75) is 19.0 Å². The average Bonchev–Trinajstić information content (AvgIpc) is 3.85. The van der Waals surface area contributed by atoms with Gasteiger partial charge >= 0.3 is 0 Å². The van der Waals surface area contributed by atoms with E-state index in [0.717, 1.165) is 79.8 Å². The fraction of sp³-hybridized carbons (Fsp3) is 0.0769. The molecule has 0 amide bonds. The summed E-state index contributed by atoms with van der Waals surface area (Å²) in [6, 6.07) is 56.6. The van der Waals surface area contributed by atoms with Crippen LogP contribution in [0.4, 0.5) is 0 Å². The minimum absolute atomic E-state index is 0.248. The molecule has 2 aromatic heterocycles. The Balaban J connectivity index is 1.05. The van der Waals surface area contributed by atoms with E-state index in [4.69, 9.17) is 14.4 Å². The number of hydrogen-bond acceptors (Lipinski definition) is 5. The number of benzene rings is 7. The highest BCUT2D eigenvalue weighted by Gasteiger charge is 2.28. The van der Waals surface area contributed by atoms with E-state index in [1.165, 1.54) is 36.9 Å². The number of hydrogen-bond donors (Lipinski definition) is 0. The normalized spacial score (nSPS) is 15.7. The molecule has 3 heterocycles. The van der Waals surface area contributed by atoms with Gasteiger partial charge in [0, 0.05) is 43.6 Å². The molecule has 57 heavy (non-hydrogen) atoms. The summed E-state index contributed by atoms with van der Waals surface area (Å²) in [5, 5.41) is 4.86. The summed E-state index contributed by atoms with van der Waals surface area (Å²) in [7, 11) is 2.10. The molecule has 7 aromatic carbocycles. The quantitative estimate of drug-likeness (QED) is 0.170. The van der Waals surface area contributed by atoms with E-state index in [9.17, 15) is 0 Å². The van der Waals surface area contributed by atoms with Gasteiger partial charge in [0.25, 0.3) is 0 Å². The number of para-hydroxylation sites is 1. The predicted molar refractivity (Wildman–Crippen MR) is 240 cm³/mol. The predicted octanol–water partition coefficient (Wildman–Crippen LogP) is 14.0. The Hall–Kier alpha value is -6.82. The number of thiophene rings is 1. The maximum atomic E-state index is 6.63. The topological polar surface area (TPSA) is 41.1 Å². The molecule has 5 heteroatoms. The fourth-order valence-electron chi connectivity index (χ4n) is 8.58. The van der Waals surface area contributed by atoms with Crippen molar-refractivity contribution in [1.29, 1.82) is 0 Å². The number of nitrogens with zero attached hydrogens (tertiary/aromatic N) is 3. The van der Waals surface area contributed by atoms with Crippen LogP contribution in [-0.4, -0.2) is 23.6 Å². The first kappa shape index (κ1) is 33.5. The Morgan fingerprint density at radius 3 is 2.23 bits per heavy atom. The summed E-state index contributed by atoms with van der Waals surface area (Å²) in [5.41, 5.74) is 12.1. The second-order valence-electron chi connectivity index (χ2n) is 14.9. The van der Waals surface area contributed by atoms with Crippen LogP contribution in [0.5, 0.6) is 0 Å². The van der Waals surface area contributed by atoms with Crippen LogP contribution < -0.4 is 0 Å². The maximum Gasteiger partial charge on any atom is 0.155 e. The molecule has 0 bridgehead atoms. The zero-order chi connectivity index (χ0) is 37.9. The van der Waals surface area contributed by atoms with E-state index in [0.29, 0.717) is 0 Å². The van der Waals surface area contributed by atoms with E-state index in [2.05, 4.69) is 176 Å². The number of allylic oxidation sites excluding steroid dienone is 3. The first-order valence-electron chi connectivity index (χ1n) is 19.5. The molecule has 0 fully saturated rings. The highest BCUT2D eigenvalue weighted by molar-refractivity contribution is 7.26. The van der Waals surface area contributed by atoms with Gasteiger partial charge in [-0.25, -0.2) is 9.98 Å². The molecule has 0 N–H and O–H groups in total. The van der Waals surface area contributed by atoms with Crippen molar-refractivity contribution in [3.8, 4) is 33.4 Å². The van der Waals surface area contributed by atoms with Crippen LogP contribution in [0.25, 0.3) is 75.5 Å². The second kappa shape index (κ2) is 13.7. The molecule has 2 aliphatic rings. The molecule has 4 nitrogen and oxygen atoms in total. The summed E-state index contributed by atoms with van der Waals surface area (Å²) >= 11 is 1.87. The van der Waals surface area contributed by atoms with Gasteiger partial charge in [-0.05, 0) is 93.8 Å². The lowest BCUT2D eigenvalue weighted by atomic mass is 9.92. The summed E-state index contributed by atoms with van der Waals surface area (Å²) < 4.78 is 9.26. The second-order valence-corrected chi connectivity index (χ2v) is 15.9. The van der Waals surface area contributed by atoms with Gasteiger partial charge in [-0.3, -0.25) is 0 Å². The van der Waals surface area contributed by atoms with Crippen molar-refractivity contribution in [2.75, 3.05) is 7.05 Å².